The zero-order valence-corrected chi connectivity index (χ0v) is 11.1. The Hall–Kier alpha value is -2.36. The number of hydrogen-bond acceptors (Lipinski definition) is 3. The van der Waals surface area contributed by atoms with Crippen molar-refractivity contribution in [3.63, 3.8) is 0 Å². The molecule has 0 aliphatic carbocycles. The number of rotatable bonds is 3. The van der Waals surface area contributed by atoms with Gasteiger partial charge in [-0.3, -0.25) is 0 Å². The highest BCUT2D eigenvalue weighted by Gasteiger charge is 2.09. The van der Waals surface area contributed by atoms with E-state index in [1.54, 1.807) is 25.4 Å². The zero-order valence-electron chi connectivity index (χ0n) is 11.1. The largest absolute Gasteiger partial charge is 0.481 e. The second-order valence-electron chi connectivity index (χ2n) is 4.39. The van der Waals surface area contributed by atoms with E-state index in [9.17, 15) is 4.79 Å². The number of carbonyl (C=O) groups is 1. The van der Waals surface area contributed by atoms with Crippen molar-refractivity contribution in [2.75, 3.05) is 7.11 Å². The number of hydrogen-bond donors (Lipinski definition) is 1. The summed E-state index contributed by atoms with van der Waals surface area (Å²) < 4.78 is 5.13. The second-order valence-corrected chi connectivity index (χ2v) is 4.39. The first-order valence-corrected chi connectivity index (χ1v) is 5.88. The lowest BCUT2D eigenvalue weighted by Crippen LogP contribution is -1.98. The Balaban J connectivity index is 2.47. The highest BCUT2D eigenvalue weighted by Crippen LogP contribution is 2.27. The molecule has 2 rings (SSSR count). The Labute approximate surface area is 111 Å². The van der Waals surface area contributed by atoms with Crippen molar-refractivity contribution in [1.82, 2.24) is 4.98 Å². The molecule has 1 N–H and O–H groups in total. The number of aromatic carboxylic acids is 1. The van der Waals surface area contributed by atoms with Crippen LogP contribution >= 0.6 is 0 Å². The Bertz CT molecular complexity index is 635. The smallest absolute Gasteiger partial charge is 0.335 e. The van der Waals surface area contributed by atoms with Crippen LogP contribution in [0.15, 0.2) is 30.5 Å². The molecule has 0 aliphatic rings. The zero-order chi connectivity index (χ0) is 14.0. The highest BCUT2D eigenvalue weighted by molar-refractivity contribution is 5.89. The number of aromatic nitrogens is 1. The summed E-state index contributed by atoms with van der Waals surface area (Å²) in [7, 11) is 1.59. The molecule has 0 radical (unpaired) electrons. The van der Waals surface area contributed by atoms with E-state index in [1.807, 2.05) is 26.0 Å². The van der Waals surface area contributed by atoms with Crippen LogP contribution in [0.4, 0.5) is 0 Å². The minimum absolute atomic E-state index is 0.291. The van der Waals surface area contributed by atoms with Crippen LogP contribution in [0.2, 0.25) is 0 Å². The Kier molecular flexibility index (Phi) is 3.51. The van der Waals surface area contributed by atoms with Gasteiger partial charge < -0.3 is 9.84 Å². The first-order valence-electron chi connectivity index (χ1n) is 5.88. The summed E-state index contributed by atoms with van der Waals surface area (Å²) >= 11 is 0. The molecule has 1 aromatic heterocycles. The van der Waals surface area contributed by atoms with Gasteiger partial charge in [0.25, 0.3) is 0 Å². The molecular formula is C15H15NO3. The first kappa shape index (κ1) is 13.1. The van der Waals surface area contributed by atoms with Crippen molar-refractivity contribution >= 4 is 5.97 Å². The maximum absolute atomic E-state index is 10.9. The Morgan fingerprint density at radius 1 is 1.21 bits per heavy atom. The minimum Gasteiger partial charge on any atom is -0.481 e. The monoisotopic (exact) mass is 257 g/mol. The molecule has 0 bridgehead atoms. The molecule has 4 heteroatoms. The molecule has 0 aliphatic heterocycles. The summed E-state index contributed by atoms with van der Waals surface area (Å²) in [5.74, 6) is -0.317. The molecule has 98 valence electrons. The maximum atomic E-state index is 10.9. The molecule has 0 fully saturated rings. The van der Waals surface area contributed by atoms with Gasteiger partial charge >= 0.3 is 5.97 Å². The molecule has 4 nitrogen and oxygen atoms in total. The molecule has 0 saturated carbocycles. The third-order valence-electron chi connectivity index (χ3n) is 3.01. The number of carboxylic acid groups (broad SMARTS) is 1. The number of ether oxygens (including phenoxy) is 1. The van der Waals surface area contributed by atoms with Gasteiger partial charge in [-0.25, -0.2) is 9.78 Å². The summed E-state index contributed by atoms with van der Waals surface area (Å²) in [4.78, 5) is 15.1. The second kappa shape index (κ2) is 5.10. The van der Waals surface area contributed by atoms with Gasteiger partial charge in [-0.2, -0.15) is 0 Å². The number of aryl methyl sites for hydroxylation is 2. The lowest BCUT2D eigenvalue weighted by atomic mass is 9.99. The molecule has 1 aromatic carbocycles. The normalized spacial score (nSPS) is 10.3. The van der Waals surface area contributed by atoms with E-state index in [-0.39, 0.29) is 0 Å². The Morgan fingerprint density at radius 3 is 2.47 bits per heavy atom. The van der Waals surface area contributed by atoms with E-state index in [1.165, 1.54) is 0 Å². The molecule has 0 unspecified atom stereocenters. The molecular weight excluding hydrogens is 242 g/mol. The predicted molar refractivity (Wildman–Crippen MR) is 72.7 cm³/mol. The first-order chi connectivity index (χ1) is 9.02. The van der Waals surface area contributed by atoms with E-state index in [2.05, 4.69) is 4.98 Å². The van der Waals surface area contributed by atoms with Gasteiger partial charge in [0.05, 0.1) is 12.7 Å². The number of benzene rings is 1. The summed E-state index contributed by atoms with van der Waals surface area (Å²) in [6.07, 6.45) is 1.73. The van der Waals surface area contributed by atoms with Crippen molar-refractivity contribution in [3.05, 3.63) is 47.2 Å². The molecule has 0 amide bonds. The van der Waals surface area contributed by atoms with E-state index in [0.29, 0.717) is 11.4 Å². The van der Waals surface area contributed by atoms with Crippen LogP contribution in [0, 0.1) is 13.8 Å². The Morgan fingerprint density at radius 2 is 1.95 bits per heavy atom. The minimum atomic E-state index is -0.918. The van der Waals surface area contributed by atoms with Crippen LogP contribution < -0.4 is 4.74 Å². The van der Waals surface area contributed by atoms with E-state index in [0.717, 1.165) is 22.3 Å². The van der Waals surface area contributed by atoms with E-state index >= 15 is 0 Å². The molecule has 0 atom stereocenters. The van der Waals surface area contributed by atoms with Gasteiger partial charge in [0.2, 0.25) is 5.88 Å². The summed E-state index contributed by atoms with van der Waals surface area (Å²) in [6.45, 7) is 3.82. The highest BCUT2D eigenvalue weighted by atomic mass is 16.5. The topological polar surface area (TPSA) is 59.4 Å². The number of methoxy groups -OCH3 is 1. The average molecular weight is 257 g/mol. The third-order valence-corrected chi connectivity index (χ3v) is 3.01. The van der Waals surface area contributed by atoms with Crippen LogP contribution in [-0.2, 0) is 0 Å². The maximum Gasteiger partial charge on any atom is 0.335 e. The van der Waals surface area contributed by atoms with Crippen LogP contribution in [0.1, 0.15) is 21.5 Å². The quantitative estimate of drug-likeness (QED) is 0.918. The third kappa shape index (κ3) is 2.57. The van der Waals surface area contributed by atoms with E-state index < -0.39 is 5.97 Å². The molecule has 0 saturated heterocycles. The number of pyridine rings is 1. The number of nitrogens with zero attached hydrogens (tertiary/aromatic N) is 1. The summed E-state index contributed by atoms with van der Waals surface area (Å²) in [5.41, 5.74) is 4.07. The fourth-order valence-corrected chi connectivity index (χ4v) is 2.04. The fraction of sp³-hybridized carbons (Fsp3) is 0.200. The van der Waals surface area contributed by atoms with Crippen molar-refractivity contribution in [3.8, 4) is 17.0 Å². The van der Waals surface area contributed by atoms with Gasteiger partial charge in [-0.05, 0) is 43.2 Å². The van der Waals surface area contributed by atoms with Crippen LogP contribution in [-0.4, -0.2) is 23.2 Å². The SMILES string of the molecule is COc1ncc(-c2ccc(C(=O)O)cc2C)cc1C. The van der Waals surface area contributed by atoms with Gasteiger partial charge in [0.1, 0.15) is 0 Å². The van der Waals surface area contributed by atoms with Gasteiger partial charge in [-0.15, -0.1) is 0 Å². The lowest BCUT2D eigenvalue weighted by molar-refractivity contribution is 0.0697. The lowest BCUT2D eigenvalue weighted by Gasteiger charge is -2.09. The average Bonchev–Trinajstić information content (AvgIpc) is 2.38. The van der Waals surface area contributed by atoms with Crippen molar-refractivity contribution in [2.24, 2.45) is 0 Å². The molecule has 0 spiro atoms. The molecule has 2 aromatic rings. The van der Waals surface area contributed by atoms with E-state index in [4.69, 9.17) is 9.84 Å². The predicted octanol–water partition coefficient (Wildman–Crippen LogP) is 3.07. The molecule has 1 heterocycles. The van der Waals surface area contributed by atoms with Gasteiger partial charge in [0, 0.05) is 17.3 Å². The van der Waals surface area contributed by atoms with Gasteiger partial charge in [0.15, 0.2) is 0 Å². The molecule has 19 heavy (non-hydrogen) atoms. The number of carboxylic acids is 1. The van der Waals surface area contributed by atoms with Crippen LogP contribution in [0.5, 0.6) is 5.88 Å². The van der Waals surface area contributed by atoms with Crippen LogP contribution in [0.25, 0.3) is 11.1 Å². The fourth-order valence-electron chi connectivity index (χ4n) is 2.04. The van der Waals surface area contributed by atoms with Crippen molar-refractivity contribution in [2.45, 2.75) is 13.8 Å². The summed E-state index contributed by atoms with van der Waals surface area (Å²) in [5, 5.41) is 8.95. The van der Waals surface area contributed by atoms with Crippen molar-refractivity contribution in [1.29, 1.82) is 0 Å². The standard InChI is InChI=1S/C15H15NO3/c1-9-6-11(15(17)18)4-5-13(9)12-7-10(2)14(19-3)16-8-12/h4-8H,1-3H3,(H,17,18). The van der Waals surface area contributed by atoms with Gasteiger partial charge in [-0.1, -0.05) is 6.07 Å². The van der Waals surface area contributed by atoms with Crippen molar-refractivity contribution < 1.29 is 14.6 Å². The van der Waals surface area contributed by atoms with Crippen LogP contribution in [0.3, 0.4) is 0 Å². The summed E-state index contributed by atoms with van der Waals surface area (Å²) in [6, 6.07) is 7.05.